The van der Waals surface area contributed by atoms with E-state index in [0.717, 1.165) is 6.07 Å². The number of aromatic carboxylic acids is 1. The summed E-state index contributed by atoms with van der Waals surface area (Å²) in [4.78, 5) is 15.9. The fraction of sp³-hybridized carbons (Fsp3) is 0.167. The van der Waals surface area contributed by atoms with Gasteiger partial charge in [0.15, 0.2) is 5.69 Å². The van der Waals surface area contributed by atoms with E-state index in [1.807, 2.05) is 4.98 Å². The highest BCUT2D eigenvalue weighted by Gasteiger charge is 2.37. The number of carbonyl (C=O) groups is 1. The van der Waals surface area contributed by atoms with Crippen LogP contribution in [0.4, 0.5) is 17.6 Å². The van der Waals surface area contributed by atoms with Crippen molar-refractivity contribution < 1.29 is 27.5 Å². The number of nitrogens with zero attached hydrogens (tertiary/aromatic N) is 1. The van der Waals surface area contributed by atoms with Crippen molar-refractivity contribution in [3.05, 3.63) is 41.1 Å². The summed E-state index contributed by atoms with van der Waals surface area (Å²) in [5.41, 5.74) is -0.775. The predicted molar refractivity (Wildman–Crippen MR) is 60.7 cm³/mol. The minimum atomic E-state index is -4.79. The van der Waals surface area contributed by atoms with Crippen LogP contribution in [0.3, 0.4) is 0 Å². The number of nitrogens with one attached hydrogen (secondary N) is 1. The number of imidazole rings is 1. The van der Waals surface area contributed by atoms with E-state index in [1.54, 1.807) is 0 Å². The first-order valence-corrected chi connectivity index (χ1v) is 5.37. The van der Waals surface area contributed by atoms with Crippen molar-refractivity contribution in [1.29, 1.82) is 0 Å². The molecular weight excluding hydrogens is 280 g/mol. The van der Waals surface area contributed by atoms with E-state index in [4.69, 9.17) is 5.11 Å². The number of carboxylic acid groups (broad SMARTS) is 1. The highest BCUT2D eigenvalue weighted by atomic mass is 19.4. The third-order valence-electron chi connectivity index (χ3n) is 2.62. The molecule has 0 fully saturated rings. The second-order valence-corrected chi connectivity index (χ2v) is 4.08. The second-order valence-electron chi connectivity index (χ2n) is 4.08. The number of H-pyrrole nitrogens is 1. The number of rotatable bonds is 2. The van der Waals surface area contributed by atoms with Gasteiger partial charge in [0.25, 0.3) is 0 Å². The molecule has 8 heteroatoms. The van der Waals surface area contributed by atoms with Gasteiger partial charge in [0, 0.05) is 5.56 Å². The largest absolute Gasteiger partial charge is 0.476 e. The monoisotopic (exact) mass is 288 g/mol. The van der Waals surface area contributed by atoms with Crippen molar-refractivity contribution in [2.75, 3.05) is 0 Å². The average molecular weight is 288 g/mol. The Hall–Kier alpha value is -2.38. The minimum Gasteiger partial charge on any atom is -0.476 e. The Morgan fingerprint density at radius 3 is 2.50 bits per heavy atom. The molecule has 4 nitrogen and oxygen atoms in total. The van der Waals surface area contributed by atoms with Crippen molar-refractivity contribution in [3.63, 3.8) is 0 Å². The van der Waals surface area contributed by atoms with Crippen molar-refractivity contribution in [1.82, 2.24) is 9.97 Å². The van der Waals surface area contributed by atoms with E-state index in [1.165, 1.54) is 19.1 Å². The molecule has 1 heterocycles. The Morgan fingerprint density at radius 2 is 2.00 bits per heavy atom. The normalized spacial score (nSPS) is 11.7. The van der Waals surface area contributed by atoms with Crippen molar-refractivity contribution >= 4 is 5.97 Å². The van der Waals surface area contributed by atoms with Crippen molar-refractivity contribution in [2.45, 2.75) is 13.1 Å². The number of aromatic nitrogens is 2. The number of aromatic amines is 1. The maximum atomic E-state index is 13.1. The molecule has 2 rings (SSSR count). The summed E-state index contributed by atoms with van der Waals surface area (Å²) in [5, 5.41) is 8.91. The van der Waals surface area contributed by atoms with E-state index in [2.05, 4.69) is 4.98 Å². The molecular formula is C12H8F4N2O2. The number of alkyl halides is 3. The zero-order valence-corrected chi connectivity index (χ0v) is 10.0. The van der Waals surface area contributed by atoms with Crippen molar-refractivity contribution in [2.24, 2.45) is 0 Å². The summed E-state index contributed by atoms with van der Waals surface area (Å²) in [6.45, 7) is 1.42. The van der Waals surface area contributed by atoms with E-state index in [-0.39, 0.29) is 16.8 Å². The molecule has 0 bridgehead atoms. The molecule has 0 aliphatic rings. The van der Waals surface area contributed by atoms with E-state index < -0.39 is 29.5 Å². The van der Waals surface area contributed by atoms with Gasteiger partial charge in [0.2, 0.25) is 5.82 Å². The predicted octanol–water partition coefficient (Wildman–Crippen LogP) is 3.24. The summed E-state index contributed by atoms with van der Waals surface area (Å²) < 4.78 is 50.8. The molecule has 0 atom stereocenters. The molecule has 2 aromatic rings. The summed E-state index contributed by atoms with van der Waals surface area (Å²) in [5.74, 6) is -3.55. The lowest BCUT2D eigenvalue weighted by atomic mass is 10.1. The summed E-state index contributed by atoms with van der Waals surface area (Å²) in [6, 6.07) is 3.47. The first-order valence-electron chi connectivity index (χ1n) is 5.37. The number of aryl methyl sites for hydroxylation is 1. The fourth-order valence-electron chi connectivity index (χ4n) is 1.67. The molecule has 0 aliphatic heterocycles. The van der Waals surface area contributed by atoms with Crippen LogP contribution in [0.15, 0.2) is 18.2 Å². The molecule has 0 unspecified atom stereocenters. The zero-order valence-electron chi connectivity index (χ0n) is 10.0. The molecule has 1 aromatic carbocycles. The Bertz CT molecular complexity index is 677. The topological polar surface area (TPSA) is 66.0 Å². The Morgan fingerprint density at radius 1 is 1.35 bits per heavy atom. The Balaban J connectivity index is 2.63. The van der Waals surface area contributed by atoms with Gasteiger partial charge in [-0.3, -0.25) is 0 Å². The molecule has 0 radical (unpaired) electrons. The van der Waals surface area contributed by atoms with Crippen LogP contribution in [0.1, 0.15) is 21.9 Å². The van der Waals surface area contributed by atoms with Gasteiger partial charge in [-0.1, -0.05) is 0 Å². The van der Waals surface area contributed by atoms with Gasteiger partial charge in [-0.2, -0.15) is 13.2 Å². The molecule has 2 N–H and O–H groups in total. The lowest BCUT2D eigenvalue weighted by Crippen LogP contribution is -2.08. The van der Waals surface area contributed by atoms with Crippen LogP contribution in [0.5, 0.6) is 0 Å². The third kappa shape index (κ3) is 2.49. The molecule has 0 saturated carbocycles. The van der Waals surface area contributed by atoms with Crippen LogP contribution in [0, 0.1) is 12.7 Å². The molecule has 1 aromatic heterocycles. The average Bonchev–Trinajstić information content (AvgIpc) is 2.77. The van der Waals surface area contributed by atoms with Crippen LogP contribution in [0.2, 0.25) is 0 Å². The molecule has 0 aliphatic carbocycles. The van der Waals surface area contributed by atoms with Gasteiger partial charge in [0.05, 0.1) is 5.69 Å². The zero-order chi connectivity index (χ0) is 15.1. The highest BCUT2D eigenvalue weighted by Crippen LogP contribution is 2.31. The van der Waals surface area contributed by atoms with Gasteiger partial charge < -0.3 is 10.1 Å². The van der Waals surface area contributed by atoms with E-state index in [0.29, 0.717) is 0 Å². The second kappa shape index (κ2) is 4.62. The van der Waals surface area contributed by atoms with Crippen LogP contribution in [0.25, 0.3) is 11.3 Å². The fourth-order valence-corrected chi connectivity index (χ4v) is 1.67. The van der Waals surface area contributed by atoms with E-state index >= 15 is 0 Å². The lowest BCUT2D eigenvalue weighted by molar-refractivity contribution is -0.144. The molecule has 0 saturated heterocycles. The van der Waals surface area contributed by atoms with Gasteiger partial charge >= 0.3 is 12.1 Å². The summed E-state index contributed by atoms with van der Waals surface area (Å²) in [7, 11) is 0. The van der Waals surface area contributed by atoms with Gasteiger partial charge in [-0.25, -0.2) is 14.2 Å². The van der Waals surface area contributed by atoms with E-state index in [9.17, 15) is 22.4 Å². The van der Waals surface area contributed by atoms with Crippen LogP contribution >= 0.6 is 0 Å². The minimum absolute atomic E-state index is 0.115. The summed E-state index contributed by atoms with van der Waals surface area (Å²) in [6.07, 6.45) is -4.79. The van der Waals surface area contributed by atoms with Gasteiger partial charge in [-0.15, -0.1) is 0 Å². The number of halogens is 4. The first kappa shape index (κ1) is 14.0. The molecule has 0 amide bonds. The smallest absolute Gasteiger partial charge is 0.449 e. The number of hydrogen-bond donors (Lipinski definition) is 2. The maximum absolute atomic E-state index is 13.1. The van der Waals surface area contributed by atoms with Crippen molar-refractivity contribution in [3.8, 4) is 11.3 Å². The number of carboxylic acids is 1. The van der Waals surface area contributed by atoms with Crippen LogP contribution in [-0.4, -0.2) is 21.0 Å². The lowest BCUT2D eigenvalue weighted by Gasteiger charge is -2.03. The molecule has 106 valence electrons. The quantitative estimate of drug-likeness (QED) is 0.834. The molecule has 20 heavy (non-hydrogen) atoms. The standard InChI is InChI=1S/C12H8F4N2O2/c1-5-4-6(2-3-7(5)13)8-9(10(19)20)18-11(17-8)12(14,15)16/h2-4H,1H3,(H,17,18)(H,19,20). The van der Waals surface area contributed by atoms with Crippen LogP contribution in [-0.2, 0) is 6.18 Å². The van der Waals surface area contributed by atoms with Gasteiger partial charge in [-0.05, 0) is 30.7 Å². The summed E-state index contributed by atoms with van der Waals surface area (Å²) >= 11 is 0. The Kier molecular flexibility index (Phi) is 3.24. The first-order chi connectivity index (χ1) is 9.20. The van der Waals surface area contributed by atoms with Crippen LogP contribution < -0.4 is 0 Å². The number of benzene rings is 1. The SMILES string of the molecule is Cc1cc(-c2[nH]c(C(F)(F)F)nc2C(=O)O)ccc1F. The number of hydrogen-bond acceptors (Lipinski definition) is 2. The maximum Gasteiger partial charge on any atom is 0.449 e. The molecule has 0 spiro atoms. The third-order valence-corrected chi connectivity index (χ3v) is 2.62. The Labute approximate surface area is 110 Å². The highest BCUT2D eigenvalue weighted by molar-refractivity contribution is 5.93. The van der Waals surface area contributed by atoms with Gasteiger partial charge in [0.1, 0.15) is 5.82 Å².